The van der Waals surface area contributed by atoms with Crippen LogP contribution >= 0.6 is 11.8 Å². The van der Waals surface area contributed by atoms with E-state index in [9.17, 15) is 4.79 Å². The monoisotopic (exact) mass is 380 g/mol. The van der Waals surface area contributed by atoms with Gasteiger partial charge in [0.1, 0.15) is 0 Å². The van der Waals surface area contributed by atoms with Crippen molar-refractivity contribution in [1.29, 1.82) is 0 Å². The van der Waals surface area contributed by atoms with E-state index in [2.05, 4.69) is 34.1 Å². The third-order valence-corrected chi connectivity index (χ3v) is 7.02. The zero-order valence-corrected chi connectivity index (χ0v) is 16.6. The van der Waals surface area contributed by atoms with Crippen LogP contribution in [0.3, 0.4) is 0 Å². The van der Waals surface area contributed by atoms with E-state index in [0.29, 0.717) is 5.92 Å². The molecule has 4 heteroatoms. The van der Waals surface area contributed by atoms with E-state index in [0.717, 1.165) is 23.7 Å². The Balaban J connectivity index is 1.25. The number of amides is 1. The number of benzene rings is 2. The van der Waals surface area contributed by atoms with Gasteiger partial charge in [0.05, 0.1) is 0 Å². The second-order valence-electron chi connectivity index (χ2n) is 7.65. The molecule has 0 radical (unpaired) electrons. The molecule has 0 spiro atoms. The Morgan fingerprint density at radius 3 is 2.33 bits per heavy atom. The molecule has 0 aromatic heterocycles. The summed E-state index contributed by atoms with van der Waals surface area (Å²) in [5.41, 5.74) is 3.07. The van der Waals surface area contributed by atoms with Gasteiger partial charge in [0.2, 0.25) is 0 Å². The highest BCUT2D eigenvalue weighted by Crippen LogP contribution is 2.26. The minimum absolute atomic E-state index is 0.0456. The number of carbonyl (C=O) groups is 1. The zero-order chi connectivity index (χ0) is 18.5. The van der Waals surface area contributed by atoms with Crippen LogP contribution in [-0.4, -0.2) is 48.0 Å². The number of hydrogen-bond acceptors (Lipinski definition) is 3. The van der Waals surface area contributed by atoms with E-state index >= 15 is 0 Å². The van der Waals surface area contributed by atoms with Crippen LogP contribution in [0.15, 0.2) is 54.6 Å². The molecular weight excluding hydrogens is 352 g/mol. The van der Waals surface area contributed by atoms with Gasteiger partial charge in [0, 0.05) is 23.9 Å². The summed E-state index contributed by atoms with van der Waals surface area (Å²) in [4.78, 5) is 15.2. The molecule has 2 heterocycles. The predicted octanol–water partition coefficient (Wildman–Crippen LogP) is 4.30. The first-order chi connectivity index (χ1) is 13.3. The van der Waals surface area contributed by atoms with Crippen molar-refractivity contribution < 1.29 is 4.79 Å². The van der Waals surface area contributed by atoms with Gasteiger partial charge in [-0.3, -0.25) is 9.69 Å². The Labute approximate surface area is 166 Å². The van der Waals surface area contributed by atoms with E-state index in [4.69, 9.17) is 0 Å². The van der Waals surface area contributed by atoms with Crippen molar-refractivity contribution in [1.82, 2.24) is 10.2 Å². The Morgan fingerprint density at radius 2 is 1.67 bits per heavy atom. The highest BCUT2D eigenvalue weighted by molar-refractivity contribution is 7.99. The first-order valence-corrected chi connectivity index (χ1v) is 11.2. The van der Waals surface area contributed by atoms with Gasteiger partial charge in [-0.15, -0.1) is 0 Å². The summed E-state index contributed by atoms with van der Waals surface area (Å²) < 4.78 is 0. The average Bonchev–Trinajstić information content (AvgIpc) is 3.28. The second-order valence-corrected chi connectivity index (χ2v) is 8.80. The Morgan fingerprint density at radius 1 is 0.963 bits per heavy atom. The highest BCUT2D eigenvalue weighted by atomic mass is 32.2. The number of nitrogens with one attached hydrogen (secondary N) is 1. The van der Waals surface area contributed by atoms with Crippen LogP contribution in [0.4, 0.5) is 0 Å². The zero-order valence-electron chi connectivity index (χ0n) is 15.8. The van der Waals surface area contributed by atoms with Gasteiger partial charge >= 0.3 is 0 Å². The molecule has 1 N–H and O–H groups in total. The van der Waals surface area contributed by atoms with Gasteiger partial charge in [0.15, 0.2) is 0 Å². The molecule has 2 aliphatic rings. The molecule has 142 valence electrons. The topological polar surface area (TPSA) is 32.3 Å². The van der Waals surface area contributed by atoms with Gasteiger partial charge in [-0.2, -0.15) is 11.8 Å². The van der Waals surface area contributed by atoms with Crippen LogP contribution in [0.25, 0.3) is 11.1 Å². The highest BCUT2D eigenvalue weighted by Gasteiger charge is 2.27. The molecule has 0 bridgehead atoms. The summed E-state index contributed by atoms with van der Waals surface area (Å²) in [6, 6.07) is 19.0. The molecule has 2 aromatic rings. The molecule has 3 nitrogen and oxygen atoms in total. The number of nitrogens with zero attached hydrogens (tertiary/aromatic N) is 1. The summed E-state index contributed by atoms with van der Waals surface area (Å²) in [7, 11) is 0. The number of piperidine rings is 1. The van der Waals surface area contributed by atoms with Crippen molar-refractivity contribution in [3.8, 4) is 11.1 Å². The Hall–Kier alpha value is -1.78. The maximum atomic E-state index is 12.5. The van der Waals surface area contributed by atoms with Crippen molar-refractivity contribution in [2.75, 3.05) is 31.1 Å². The molecule has 0 aliphatic carbocycles. The molecule has 2 saturated heterocycles. The standard InChI is InChI=1S/C23H28N2OS/c26-23(21-8-6-20(7-9-21)19-4-2-1-3-5-19)24-16-18-10-13-25(14-11-18)22-12-15-27-17-22/h1-9,18,22H,10-17H2,(H,24,26). The van der Waals surface area contributed by atoms with Crippen LogP contribution in [0, 0.1) is 5.92 Å². The van der Waals surface area contributed by atoms with Crippen molar-refractivity contribution >= 4 is 17.7 Å². The lowest BCUT2D eigenvalue weighted by molar-refractivity contribution is 0.0928. The lowest BCUT2D eigenvalue weighted by atomic mass is 9.95. The molecule has 4 rings (SSSR count). The van der Waals surface area contributed by atoms with Crippen LogP contribution in [-0.2, 0) is 0 Å². The maximum Gasteiger partial charge on any atom is 0.251 e. The summed E-state index contributed by atoms with van der Waals surface area (Å²) in [6.45, 7) is 3.18. The fourth-order valence-electron chi connectivity index (χ4n) is 4.12. The number of likely N-dealkylation sites (tertiary alicyclic amines) is 1. The van der Waals surface area contributed by atoms with Crippen LogP contribution < -0.4 is 5.32 Å². The Kier molecular flexibility index (Phi) is 6.15. The minimum Gasteiger partial charge on any atom is -0.352 e. The average molecular weight is 381 g/mol. The van der Waals surface area contributed by atoms with Gasteiger partial charge in [-0.25, -0.2) is 0 Å². The smallest absolute Gasteiger partial charge is 0.251 e. The fourth-order valence-corrected chi connectivity index (χ4v) is 5.37. The summed E-state index contributed by atoms with van der Waals surface area (Å²) in [5, 5.41) is 3.15. The van der Waals surface area contributed by atoms with E-state index in [1.165, 1.54) is 49.4 Å². The predicted molar refractivity (Wildman–Crippen MR) is 114 cm³/mol. The first-order valence-electron chi connectivity index (χ1n) is 10.0. The minimum atomic E-state index is 0.0456. The van der Waals surface area contributed by atoms with E-state index in [1.807, 2.05) is 42.5 Å². The van der Waals surface area contributed by atoms with Gasteiger partial charge in [0.25, 0.3) is 5.91 Å². The fraction of sp³-hybridized carbons (Fsp3) is 0.435. The quantitative estimate of drug-likeness (QED) is 0.839. The molecule has 2 aromatic carbocycles. The molecule has 2 fully saturated rings. The van der Waals surface area contributed by atoms with Gasteiger partial charge in [-0.05, 0) is 67.3 Å². The number of hydrogen-bond donors (Lipinski definition) is 1. The van der Waals surface area contributed by atoms with Crippen molar-refractivity contribution in [3.05, 3.63) is 60.2 Å². The molecule has 0 saturated carbocycles. The van der Waals surface area contributed by atoms with E-state index < -0.39 is 0 Å². The lowest BCUT2D eigenvalue weighted by Gasteiger charge is -2.35. The largest absolute Gasteiger partial charge is 0.352 e. The number of carbonyl (C=O) groups excluding carboxylic acids is 1. The van der Waals surface area contributed by atoms with Crippen LogP contribution in [0.2, 0.25) is 0 Å². The van der Waals surface area contributed by atoms with Crippen LogP contribution in [0.1, 0.15) is 29.6 Å². The van der Waals surface area contributed by atoms with Gasteiger partial charge < -0.3 is 5.32 Å². The number of thioether (sulfide) groups is 1. The maximum absolute atomic E-state index is 12.5. The lowest BCUT2D eigenvalue weighted by Crippen LogP contribution is -2.43. The Bertz CT molecular complexity index is 733. The number of rotatable bonds is 5. The summed E-state index contributed by atoms with van der Waals surface area (Å²) in [5.74, 6) is 3.29. The second kappa shape index (κ2) is 8.94. The van der Waals surface area contributed by atoms with Gasteiger partial charge in [-0.1, -0.05) is 42.5 Å². The van der Waals surface area contributed by atoms with Crippen molar-refractivity contribution in [2.24, 2.45) is 5.92 Å². The first kappa shape index (κ1) is 18.6. The van der Waals surface area contributed by atoms with E-state index in [-0.39, 0.29) is 5.91 Å². The van der Waals surface area contributed by atoms with Crippen LogP contribution in [0.5, 0.6) is 0 Å². The van der Waals surface area contributed by atoms with Crippen molar-refractivity contribution in [2.45, 2.75) is 25.3 Å². The SMILES string of the molecule is O=C(NCC1CCN(C2CCSC2)CC1)c1ccc(-c2ccccc2)cc1. The molecular formula is C23H28N2OS. The van der Waals surface area contributed by atoms with Crippen molar-refractivity contribution in [3.63, 3.8) is 0 Å². The molecule has 27 heavy (non-hydrogen) atoms. The third kappa shape index (κ3) is 4.74. The molecule has 1 unspecified atom stereocenters. The van der Waals surface area contributed by atoms with E-state index in [1.54, 1.807) is 0 Å². The summed E-state index contributed by atoms with van der Waals surface area (Å²) in [6.07, 6.45) is 3.76. The molecule has 2 aliphatic heterocycles. The normalized spacial score (nSPS) is 21.3. The molecule has 1 atom stereocenters. The third-order valence-electron chi connectivity index (χ3n) is 5.88. The molecule has 1 amide bonds. The summed E-state index contributed by atoms with van der Waals surface area (Å²) >= 11 is 2.09.